The first kappa shape index (κ1) is 15.3. The van der Waals surface area contributed by atoms with Gasteiger partial charge >= 0.3 is 0 Å². The SMILES string of the molecule is CCCNC1(C#N)CCCC(Sc2nccc(C)n2)C1. The van der Waals surface area contributed by atoms with Gasteiger partial charge in [-0.2, -0.15) is 5.26 Å². The topological polar surface area (TPSA) is 61.6 Å². The van der Waals surface area contributed by atoms with Crippen molar-refractivity contribution in [1.29, 1.82) is 5.26 Å². The van der Waals surface area contributed by atoms with Gasteiger partial charge in [0.25, 0.3) is 0 Å². The number of hydrogen-bond acceptors (Lipinski definition) is 5. The molecule has 0 bridgehead atoms. The van der Waals surface area contributed by atoms with Crippen molar-refractivity contribution in [2.45, 2.75) is 61.9 Å². The average molecular weight is 290 g/mol. The maximum atomic E-state index is 9.54. The third-order valence-corrected chi connectivity index (χ3v) is 4.82. The Kier molecular flexibility index (Phi) is 5.38. The fourth-order valence-corrected chi connectivity index (χ4v) is 3.89. The quantitative estimate of drug-likeness (QED) is 0.844. The first-order valence-corrected chi connectivity index (χ1v) is 8.18. The van der Waals surface area contributed by atoms with Crippen molar-refractivity contribution in [3.05, 3.63) is 18.0 Å². The molecular weight excluding hydrogens is 268 g/mol. The van der Waals surface area contributed by atoms with Crippen LogP contribution in [-0.4, -0.2) is 27.3 Å². The molecule has 0 aromatic carbocycles. The van der Waals surface area contributed by atoms with E-state index in [1.165, 1.54) is 0 Å². The van der Waals surface area contributed by atoms with Crippen LogP contribution in [0.2, 0.25) is 0 Å². The molecule has 4 nitrogen and oxygen atoms in total. The molecule has 1 aromatic rings. The molecule has 20 heavy (non-hydrogen) atoms. The molecule has 0 aliphatic heterocycles. The lowest BCUT2D eigenvalue weighted by Gasteiger charge is -2.36. The van der Waals surface area contributed by atoms with Gasteiger partial charge in [0, 0.05) is 17.1 Å². The Morgan fingerprint density at radius 3 is 3.15 bits per heavy atom. The predicted octanol–water partition coefficient (Wildman–Crippen LogP) is 3.08. The Morgan fingerprint density at radius 2 is 2.45 bits per heavy atom. The van der Waals surface area contributed by atoms with Gasteiger partial charge in [0.2, 0.25) is 0 Å². The highest BCUT2D eigenvalue weighted by molar-refractivity contribution is 7.99. The Labute approximate surface area is 125 Å². The average Bonchev–Trinajstić information content (AvgIpc) is 2.45. The van der Waals surface area contributed by atoms with Gasteiger partial charge in [-0.05, 0) is 51.6 Å². The third-order valence-electron chi connectivity index (χ3n) is 3.68. The van der Waals surface area contributed by atoms with Crippen LogP contribution >= 0.6 is 11.8 Å². The lowest BCUT2D eigenvalue weighted by atomic mass is 9.82. The first-order valence-electron chi connectivity index (χ1n) is 7.30. The largest absolute Gasteiger partial charge is 0.299 e. The molecule has 1 fully saturated rings. The number of rotatable bonds is 5. The number of nitrogens with zero attached hydrogens (tertiary/aromatic N) is 3. The van der Waals surface area contributed by atoms with Crippen molar-refractivity contribution in [3.63, 3.8) is 0 Å². The van der Waals surface area contributed by atoms with Gasteiger partial charge in [0.05, 0.1) is 6.07 Å². The van der Waals surface area contributed by atoms with E-state index >= 15 is 0 Å². The van der Waals surface area contributed by atoms with Gasteiger partial charge in [0.15, 0.2) is 5.16 Å². The molecule has 5 heteroatoms. The second kappa shape index (κ2) is 7.05. The van der Waals surface area contributed by atoms with Gasteiger partial charge in [0.1, 0.15) is 5.54 Å². The van der Waals surface area contributed by atoms with Crippen LogP contribution in [0.25, 0.3) is 0 Å². The lowest BCUT2D eigenvalue weighted by molar-refractivity contribution is 0.304. The summed E-state index contributed by atoms with van der Waals surface area (Å²) in [6.07, 6.45) is 6.93. The molecule has 0 radical (unpaired) electrons. The van der Waals surface area contributed by atoms with Crippen molar-refractivity contribution in [2.24, 2.45) is 0 Å². The molecule has 2 unspecified atom stereocenters. The van der Waals surface area contributed by atoms with Crippen molar-refractivity contribution in [3.8, 4) is 6.07 Å². The summed E-state index contributed by atoms with van der Waals surface area (Å²) in [6, 6.07) is 4.42. The molecule has 0 spiro atoms. The minimum absolute atomic E-state index is 0.351. The van der Waals surface area contributed by atoms with E-state index in [4.69, 9.17) is 0 Å². The fraction of sp³-hybridized carbons (Fsp3) is 0.667. The number of aromatic nitrogens is 2. The summed E-state index contributed by atoms with van der Waals surface area (Å²) >= 11 is 1.72. The predicted molar refractivity (Wildman–Crippen MR) is 81.5 cm³/mol. The molecule has 1 aliphatic rings. The Bertz CT molecular complexity index is 485. The number of nitriles is 1. The highest BCUT2D eigenvalue weighted by Crippen LogP contribution is 2.37. The van der Waals surface area contributed by atoms with Gasteiger partial charge < -0.3 is 0 Å². The first-order chi connectivity index (χ1) is 9.67. The Balaban J connectivity index is 2.01. The summed E-state index contributed by atoms with van der Waals surface area (Å²) in [5.74, 6) is 0. The van der Waals surface area contributed by atoms with E-state index in [0.717, 1.165) is 49.5 Å². The zero-order valence-electron chi connectivity index (χ0n) is 12.2. The van der Waals surface area contributed by atoms with Crippen LogP contribution in [0, 0.1) is 18.3 Å². The third kappa shape index (κ3) is 3.94. The smallest absolute Gasteiger partial charge is 0.187 e. The van der Waals surface area contributed by atoms with Crippen molar-refractivity contribution < 1.29 is 0 Å². The lowest BCUT2D eigenvalue weighted by Crippen LogP contribution is -2.48. The van der Waals surface area contributed by atoms with Crippen molar-refractivity contribution >= 4 is 11.8 Å². The maximum absolute atomic E-state index is 9.54. The second-order valence-electron chi connectivity index (χ2n) is 5.44. The van der Waals surface area contributed by atoms with Crippen molar-refractivity contribution in [1.82, 2.24) is 15.3 Å². The zero-order chi connectivity index (χ0) is 14.4. The van der Waals surface area contributed by atoms with Gasteiger partial charge in [-0.15, -0.1) is 0 Å². The van der Waals surface area contributed by atoms with Gasteiger partial charge in [-0.1, -0.05) is 18.7 Å². The van der Waals surface area contributed by atoms with E-state index in [9.17, 15) is 5.26 Å². The van der Waals surface area contributed by atoms with E-state index in [-0.39, 0.29) is 5.54 Å². The molecule has 1 saturated carbocycles. The van der Waals surface area contributed by atoms with Gasteiger partial charge in [-0.25, -0.2) is 9.97 Å². The standard InChI is InChI=1S/C15H22N4S/c1-3-8-18-15(11-16)7-4-5-13(10-15)20-14-17-9-6-12(2)19-14/h6,9,13,18H,3-5,7-8,10H2,1-2H3. The molecule has 1 N–H and O–H groups in total. The van der Waals surface area contributed by atoms with E-state index < -0.39 is 0 Å². The van der Waals surface area contributed by atoms with Crippen LogP contribution in [0.4, 0.5) is 0 Å². The Hall–Kier alpha value is -1.12. The second-order valence-corrected chi connectivity index (χ2v) is 6.71. The number of thioether (sulfide) groups is 1. The highest BCUT2D eigenvalue weighted by Gasteiger charge is 2.36. The van der Waals surface area contributed by atoms with E-state index in [2.05, 4.69) is 28.3 Å². The monoisotopic (exact) mass is 290 g/mol. The minimum Gasteiger partial charge on any atom is -0.299 e. The highest BCUT2D eigenvalue weighted by atomic mass is 32.2. The van der Waals surface area contributed by atoms with Crippen LogP contribution in [-0.2, 0) is 0 Å². The number of aryl methyl sites for hydroxylation is 1. The van der Waals surface area contributed by atoms with Gasteiger partial charge in [-0.3, -0.25) is 5.32 Å². The van der Waals surface area contributed by atoms with Crippen LogP contribution in [0.1, 0.15) is 44.7 Å². The van der Waals surface area contributed by atoms with E-state index in [0.29, 0.717) is 5.25 Å². The minimum atomic E-state index is -0.351. The van der Waals surface area contributed by atoms with Crippen LogP contribution < -0.4 is 5.32 Å². The summed E-state index contributed by atoms with van der Waals surface area (Å²) in [7, 11) is 0. The van der Waals surface area contributed by atoms with E-state index in [1.54, 1.807) is 18.0 Å². The van der Waals surface area contributed by atoms with E-state index in [1.807, 2.05) is 13.0 Å². The molecule has 108 valence electrons. The number of hydrogen-bond donors (Lipinski definition) is 1. The summed E-state index contributed by atoms with van der Waals surface area (Å²) in [6.45, 7) is 5.02. The molecular formula is C15H22N4S. The fourth-order valence-electron chi connectivity index (χ4n) is 2.62. The van der Waals surface area contributed by atoms with Crippen molar-refractivity contribution in [2.75, 3.05) is 6.54 Å². The van der Waals surface area contributed by atoms with Crippen LogP contribution in [0.15, 0.2) is 17.4 Å². The van der Waals surface area contributed by atoms with Crippen LogP contribution in [0.5, 0.6) is 0 Å². The molecule has 0 amide bonds. The summed E-state index contributed by atoms with van der Waals surface area (Å²) in [4.78, 5) is 8.77. The normalized spacial score (nSPS) is 26.1. The summed E-state index contributed by atoms with van der Waals surface area (Å²) in [5, 5.41) is 14.2. The zero-order valence-corrected chi connectivity index (χ0v) is 13.0. The number of nitrogens with one attached hydrogen (secondary N) is 1. The Morgan fingerprint density at radius 1 is 1.60 bits per heavy atom. The molecule has 0 saturated heterocycles. The van der Waals surface area contributed by atoms with Crippen LogP contribution in [0.3, 0.4) is 0 Å². The molecule has 1 aromatic heterocycles. The molecule has 2 atom stereocenters. The maximum Gasteiger partial charge on any atom is 0.187 e. The molecule has 1 aliphatic carbocycles. The summed E-state index contributed by atoms with van der Waals surface area (Å²) < 4.78 is 0. The molecule has 2 rings (SSSR count). The summed E-state index contributed by atoms with van der Waals surface area (Å²) in [5.41, 5.74) is 0.643. The molecule has 1 heterocycles.